The molecule has 0 aliphatic rings. The Morgan fingerprint density at radius 2 is 0.955 bits per heavy atom. The number of hydrogen-bond acceptors (Lipinski definition) is 0. The summed E-state index contributed by atoms with van der Waals surface area (Å²) < 4.78 is 0. The normalized spacial score (nSPS) is 12.8. The minimum absolute atomic E-state index is 0.0517. The molecule has 0 aliphatic carbocycles. The van der Waals surface area contributed by atoms with Crippen molar-refractivity contribution in [1.82, 2.24) is 0 Å². The molecule has 110 valence electrons. The first-order chi connectivity index (χ1) is 10.7. The second-order valence-electron chi connectivity index (χ2n) is 6.07. The summed E-state index contributed by atoms with van der Waals surface area (Å²) in [5, 5.41) is 0. The predicted octanol–water partition coefficient (Wildman–Crippen LogP) is 5.80. The standard InChI is InChI=1S/C22H22/c1-18(19-12-6-3-7-13-19)22(2,20-14-8-4-9-15-20)21-16-10-5-11-17-21/h3-18H,1-2H3. The summed E-state index contributed by atoms with van der Waals surface area (Å²) in [5.74, 6) is 0.388. The quantitative estimate of drug-likeness (QED) is 0.569. The Bertz CT molecular complexity index is 659. The van der Waals surface area contributed by atoms with Gasteiger partial charge in [0, 0.05) is 5.41 Å². The van der Waals surface area contributed by atoms with Gasteiger partial charge in [-0.3, -0.25) is 0 Å². The molecule has 0 aliphatic heterocycles. The summed E-state index contributed by atoms with van der Waals surface area (Å²) in [4.78, 5) is 0. The predicted molar refractivity (Wildman–Crippen MR) is 94.2 cm³/mol. The third-order valence-corrected chi connectivity index (χ3v) is 4.91. The first-order valence-corrected chi connectivity index (χ1v) is 7.89. The van der Waals surface area contributed by atoms with Gasteiger partial charge in [0.2, 0.25) is 0 Å². The minimum Gasteiger partial charge on any atom is -0.0622 e. The lowest BCUT2D eigenvalue weighted by Gasteiger charge is -2.37. The van der Waals surface area contributed by atoms with E-state index < -0.39 is 0 Å². The molecule has 0 fully saturated rings. The van der Waals surface area contributed by atoms with Crippen molar-refractivity contribution in [2.24, 2.45) is 0 Å². The molecule has 22 heavy (non-hydrogen) atoms. The van der Waals surface area contributed by atoms with Crippen molar-refractivity contribution in [1.29, 1.82) is 0 Å². The summed E-state index contributed by atoms with van der Waals surface area (Å²) in [6.45, 7) is 4.69. The molecule has 3 rings (SSSR count). The molecule has 0 bridgehead atoms. The SMILES string of the molecule is CC(c1ccccc1)C(C)(c1ccccc1)c1ccccc1. The van der Waals surface area contributed by atoms with E-state index >= 15 is 0 Å². The molecule has 0 radical (unpaired) electrons. The molecule has 0 N–H and O–H groups in total. The molecule has 3 aromatic carbocycles. The van der Waals surface area contributed by atoms with Gasteiger partial charge in [0.1, 0.15) is 0 Å². The lowest BCUT2D eigenvalue weighted by atomic mass is 9.66. The Balaban J connectivity index is 2.16. The van der Waals surface area contributed by atoms with Crippen LogP contribution in [0.1, 0.15) is 36.5 Å². The van der Waals surface area contributed by atoms with Crippen LogP contribution in [0.25, 0.3) is 0 Å². The van der Waals surface area contributed by atoms with Gasteiger partial charge in [-0.1, -0.05) is 105 Å². The van der Waals surface area contributed by atoms with Crippen LogP contribution in [0.2, 0.25) is 0 Å². The number of rotatable bonds is 4. The zero-order valence-corrected chi connectivity index (χ0v) is 13.2. The smallest absolute Gasteiger partial charge is 0.0240 e. The fourth-order valence-corrected chi connectivity index (χ4v) is 3.31. The van der Waals surface area contributed by atoms with Crippen LogP contribution in [-0.2, 0) is 5.41 Å². The van der Waals surface area contributed by atoms with E-state index in [0.717, 1.165) is 0 Å². The van der Waals surface area contributed by atoms with Gasteiger partial charge in [-0.25, -0.2) is 0 Å². The topological polar surface area (TPSA) is 0 Å². The molecule has 0 aromatic heterocycles. The Hall–Kier alpha value is -2.34. The first kappa shape index (κ1) is 14.6. The van der Waals surface area contributed by atoms with Crippen LogP contribution in [-0.4, -0.2) is 0 Å². The third-order valence-electron chi connectivity index (χ3n) is 4.91. The highest BCUT2D eigenvalue weighted by Gasteiger charge is 2.35. The molecule has 0 saturated heterocycles. The molecule has 3 aromatic rings. The zero-order chi connectivity index (χ0) is 15.4. The van der Waals surface area contributed by atoms with Crippen molar-refractivity contribution in [2.75, 3.05) is 0 Å². The van der Waals surface area contributed by atoms with E-state index in [4.69, 9.17) is 0 Å². The molecular formula is C22H22. The molecule has 0 spiro atoms. The highest BCUT2D eigenvalue weighted by atomic mass is 14.4. The lowest BCUT2D eigenvalue weighted by molar-refractivity contribution is 0.474. The Labute approximate surface area is 133 Å². The van der Waals surface area contributed by atoms with E-state index in [0.29, 0.717) is 5.92 Å². The van der Waals surface area contributed by atoms with Crippen LogP contribution in [0, 0.1) is 0 Å². The van der Waals surface area contributed by atoms with Gasteiger partial charge in [-0.2, -0.15) is 0 Å². The van der Waals surface area contributed by atoms with E-state index in [1.54, 1.807) is 0 Å². The van der Waals surface area contributed by atoms with Crippen LogP contribution in [0.15, 0.2) is 91.0 Å². The Morgan fingerprint density at radius 3 is 1.36 bits per heavy atom. The largest absolute Gasteiger partial charge is 0.0622 e. The van der Waals surface area contributed by atoms with Gasteiger partial charge in [-0.05, 0) is 22.6 Å². The summed E-state index contributed by atoms with van der Waals surface area (Å²) in [6, 6.07) is 32.5. The molecular weight excluding hydrogens is 264 g/mol. The summed E-state index contributed by atoms with van der Waals surface area (Å²) in [6.07, 6.45) is 0. The fraction of sp³-hybridized carbons (Fsp3) is 0.182. The maximum absolute atomic E-state index is 2.36. The van der Waals surface area contributed by atoms with Crippen molar-refractivity contribution in [3.63, 3.8) is 0 Å². The molecule has 0 amide bonds. The van der Waals surface area contributed by atoms with Crippen LogP contribution < -0.4 is 0 Å². The van der Waals surface area contributed by atoms with E-state index in [2.05, 4.69) is 105 Å². The number of hydrogen-bond donors (Lipinski definition) is 0. The Kier molecular flexibility index (Phi) is 4.11. The second-order valence-corrected chi connectivity index (χ2v) is 6.07. The van der Waals surface area contributed by atoms with Crippen molar-refractivity contribution < 1.29 is 0 Å². The highest BCUT2D eigenvalue weighted by Crippen LogP contribution is 2.43. The van der Waals surface area contributed by atoms with E-state index in [-0.39, 0.29) is 5.41 Å². The van der Waals surface area contributed by atoms with Crippen LogP contribution >= 0.6 is 0 Å². The maximum Gasteiger partial charge on any atom is 0.0240 e. The van der Waals surface area contributed by atoms with Crippen LogP contribution in [0.5, 0.6) is 0 Å². The van der Waals surface area contributed by atoms with Crippen molar-refractivity contribution in [3.05, 3.63) is 108 Å². The first-order valence-electron chi connectivity index (χ1n) is 7.89. The number of benzene rings is 3. The monoisotopic (exact) mass is 286 g/mol. The molecule has 0 nitrogen and oxygen atoms in total. The third kappa shape index (κ3) is 2.57. The van der Waals surface area contributed by atoms with Gasteiger partial charge in [0.25, 0.3) is 0 Å². The van der Waals surface area contributed by atoms with E-state index in [1.807, 2.05) is 0 Å². The van der Waals surface area contributed by atoms with E-state index in [1.165, 1.54) is 16.7 Å². The molecule has 1 atom stereocenters. The molecule has 1 unspecified atom stereocenters. The van der Waals surface area contributed by atoms with Crippen molar-refractivity contribution in [2.45, 2.75) is 25.2 Å². The van der Waals surface area contributed by atoms with Gasteiger partial charge >= 0.3 is 0 Å². The second kappa shape index (κ2) is 6.19. The maximum atomic E-state index is 2.36. The summed E-state index contributed by atoms with van der Waals surface area (Å²) in [7, 11) is 0. The molecule has 0 heterocycles. The zero-order valence-electron chi connectivity index (χ0n) is 13.2. The molecule has 0 heteroatoms. The van der Waals surface area contributed by atoms with Crippen LogP contribution in [0.4, 0.5) is 0 Å². The summed E-state index contributed by atoms with van der Waals surface area (Å²) in [5.41, 5.74) is 4.04. The average Bonchev–Trinajstić information content (AvgIpc) is 2.62. The van der Waals surface area contributed by atoms with Gasteiger partial charge < -0.3 is 0 Å². The molecule has 0 saturated carbocycles. The summed E-state index contributed by atoms with van der Waals surface area (Å²) >= 11 is 0. The van der Waals surface area contributed by atoms with Crippen molar-refractivity contribution >= 4 is 0 Å². The average molecular weight is 286 g/mol. The lowest BCUT2D eigenvalue weighted by Crippen LogP contribution is -2.30. The van der Waals surface area contributed by atoms with Gasteiger partial charge in [-0.15, -0.1) is 0 Å². The highest BCUT2D eigenvalue weighted by molar-refractivity contribution is 5.43. The van der Waals surface area contributed by atoms with Crippen LogP contribution in [0.3, 0.4) is 0 Å². The van der Waals surface area contributed by atoms with E-state index in [9.17, 15) is 0 Å². The fourth-order valence-electron chi connectivity index (χ4n) is 3.31. The Morgan fingerprint density at radius 1 is 0.591 bits per heavy atom. The van der Waals surface area contributed by atoms with Crippen molar-refractivity contribution in [3.8, 4) is 0 Å². The minimum atomic E-state index is -0.0517. The van der Waals surface area contributed by atoms with Gasteiger partial charge in [0.15, 0.2) is 0 Å². The van der Waals surface area contributed by atoms with Gasteiger partial charge in [0.05, 0.1) is 0 Å².